The molecule has 2 aliphatic heterocycles. The molecule has 1 aromatic carbocycles. The molecule has 11 nitrogen and oxygen atoms in total. The minimum atomic E-state index is -3.83. The maximum absolute atomic E-state index is 13.2. The first-order valence-corrected chi connectivity index (χ1v) is 12.4. The molecule has 2 heterocycles. The summed E-state index contributed by atoms with van der Waals surface area (Å²) in [6.45, 7) is 5.87. The molecule has 1 atom stereocenters. The van der Waals surface area contributed by atoms with Crippen LogP contribution in [0.15, 0.2) is 23.1 Å². The fourth-order valence-electron chi connectivity index (χ4n) is 3.64. The summed E-state index contributed by atoms with van der Waals surface area (Å²) in [5, 5.41) is 9.49. The van der Waals surface area contributed by atoms with Crippen molar-refractivity contribution in [3.8, 4) is 0 Å². The maximum atomic E-state index is 13.2. The second-order valence-corrected chi connectivity index (χ2v) is 11.0. The van der Waals surface area contributed by atoms with Crippen molar-refractivity contribution in [1.29, 1.82) is 0 Å². The quantitative estimate of drug-likeness (QED) is 0.673. The summed E-state index contributed by atoms with van der Waals surface area (Å²) in [7, 11) is -3.83. The Labute approximate surface area is 192 Å². The summed E-state index contributed by atoms with van der Waals surface area (Å²) in [6, 6.07) is 3.41. The Bertz CT molecular complexity index is 1040. The van der Waals surface area contributed by atoms with Gasteiger partial charge < -0.3 is 24.4 Å². The average molecular weight is 484 g/mol. The number of benzene rings is 1. The highest BCUT2D eigenvalue weighted by atomic mass is 32.2. The Hall–Kier alpha value is -2.86. The summed E-state index contributed by atoms with van der Waals surface area (Å²) in [4.78, 5) is 41.4. The van der Waals surface area contributed by atoms with Crippen molar-refractivity contribution < 1.29 is 37.4 Å². The number of nitrogens with zero attached hydrogens (tertiary/aromatic N) is 3. The summed E-state index contributed by atoms with van der Waals surface area (Å²) < 4.78 is 35.3. The lowest BCUT2D eigenvalue weighted by Crippen LogP contribution is -2.51. The van der Waals surface area contributed by atoms with Crippen LogP contribution in [0, 0.1) is 0 Å². The van der Waals surface area contributed by atoms with Crippen LogP contribution in [-0.4, -0.2) is 98.7 Å². The first-order chi connectivity index (χ1) is 15.3. The predicted octanol–water partition coefficient (Wildman–Crippen LogP) is 1.10. The van der Waals surface area contributed by atoms with E-state index >= 15 is 0 Å². The van der Waals surface area contributed by atoms with E-state index in [9.17, 15) is 27.9 Å². The van der Waals surface area contributed by atoms with Crippen LogP contribution < -0.4 is 4.90 Å². The number of piperazine rings is 1. The van der Waals surface area contributed by atoms with Crippen molar-refractivity contribution >= 4 is 33.6 Å². The van der Waals surface area contributed by atoms with Crippen LogP contribution >= 0.6 is 0 Å². The molecule has 0 unspecified atom stereocenters. The highest BCUT2D eigenvalue weighted by Crippen LogP contribution is 2.29. The number of ether oxygens (including phenoxy) is 2. The van der Waals surface area contributed by atoms with Gasteiger partial charge in [0.05, 0.1) is 23.1 Å². The molecule has 0 radical (unpaired) electrons. The van der Waals surface area contributed by atoms with E-state index in [0.717, 1.165) is 6.26 Å². The first kappa shape index (κ1) is 24.8. The number of anilines is 1. The number of rotatable bonds is 4. The van der Waals surface area contributed by atoms with Gasteiger partial charge in [0.15, 0.2) is 9.84 Å². The Kier molecular flexibility index (Phi) is 6.89. The Morgan fingerprint density at radius 3 is 2.30 bits per heavy atom. The topological polar surface area (TPSA) is 134 Å². The number of hydrogen-bond acceptors (Lipinski definition) is 8. The van der Waals surface area contributed by atoms with Crippen molar-refractivity contribution in [3.05, 3.63) is 23.8 Å². The summed E-state index contributed by atoms with van der Waals surface area (Å²) in [5.74, 6) is -0.492. The molecule has 3 amide bonds. The smallest absolute Gasteiger partial charge is 0.414 e. The lowest BCUT2D eigenvalue weighted by atomic mass is 10.1. The average Bonchev–Trinajstić information content (AvgIpc) is 3.11. The molecule has 33 heavy (non-hydrogen) atoms. The summed E-state index contributed by atoms with van der Waals surface area (Å²) >= 11 is 0. The van der Waals surface area contributed by atoms with Crippen molar-refractivity contribution in [2.75, 3.05) is 50.5 Å². The van der Waals surface area contributed by atoms with Crippen LogP contribution in [0.2, 0.25) is 0 Å². The van der Waals surface area contributed by atoms with E-state index in [1.54, 1.807) is 20.8 Å². The monoisotopic (exact) mass is 483 g/mol. The van der Waals surface area contributed by atoms with Crippen molar-refractivity contribution in [3.63, 3.8) is 0 Å². The Morgan fingerprint density at radius 1 is 1.15 bits per heavy atom. The molecular weight excluding hydrogens is 454 g/mol. The van der Waals surface area contributed by atoms with Gasteiger partial charge in [-0.15, -0.1) is 0 Å². The second kappa shape index (κ2) is 9.18. The van der Waals surface area contributed by atoms with Gasteiger partial charge in [-0.1, -0.05) is 0 Å². The normalized spacial score (nSPS) is 19.5. The zero-order valence-corrected chi connectivity index (χ0v) is 19.9. The van der Waals surface area contributed by atoms with Crippen molar-refractivity contribution in [2.24, 2.45) is 0 Å². The number of aliphatic hydroxyl groups excluding tert-OH is 1. The van der Waals surface area contributed by atoms with Gasteiger partial charge in [0.1, 0.15) is 12.2 Å². The molecule has 1 N–H and O–H groups in total. The first-order valence-electron chi connectivity index (χ1n) is 10.5. The van der Waals surface area contributed by atoms with Crippen molar-refractivity contribution in [1.82, 2.24) is 9.80 Å². The van der Waals surface area contributed by atoms with Gasteiger partial charge in [-0.3, -0.25) is 9.69 Å². The number of aliphatic hydroxyl groups is 1. The zero-order valence-electron chi connectivity index (χ0n) is 19.1. The third-order valence-electron chi connectivity index (χ3n) is 5.26. The van der Waals surface area contributed by atoms with Gasteiger partial charge in [-0.25, -0.2) is 18.0 Å². The van der Waals surface area contributed by atoms with E-state index in [1.807, 2.05) is 0 Å². The minimum absolute atomic E-state index is 0.0217. The van der Waals surface area contributed by atoms with E-state index < -0.39 is 39.6 Å². The van der Waals surface area contributed by atoms with Crippen LogP contribution in [0.5, 0.6) is 0 Å². The SMILES string of the molecule is CC(C)(C)OC(=O)N1CCN(C(=O)c2ccc(N3C(=O)OC[C@H]3CO)cc2S(C)(=O)=O)CC1. The molecule has 2 fully saturated rings. The molecule has 1 aromatic rings. The molecule has 0 saturated carbocycles. The van der Waals surface area contributed by atoms with Crippen molar-refractivity contribution in [2.45, 2.75) is 37.3 Å². The van der Waals surface area contributed by atoms with E-state index in [0.29, 0.717) is 0 Å². The number of cyclic esters (lactones) is 1. The van der Waals surface area contributed by atoms with Gasteiger partial charge in [0, 0.05) is 38.1 Å². The third kappa shape index (κ3) is 5.56. The molecule has 0 bridgehead atoms. The largest absolute Gasteiger partial charge is 0.447 e. The van der Waals surface area contributed by atoms with Crippen LogP contribution in [0.4, 0.5) is 15.3 Å². The fraction of sp³-hybridized carbons (Fsp3) is 0.571. The third-order valence-corrected chi connectivity index (χ3v) is 6.40. The minimum Gasteiger partial charge on any atom is -0.447 e. The van der Waals surface area contributed by atoms with Crippen LogP contribution in [0.25, 0.3) is 0 Å². The summed E-state index contributed by atoms with van der Waals surface area (Å²) in [5.41, 5.74) is -0.448. The van der Waals surface area contributed by atoms with Crippen LogP contribution in [0.1, 0.15) is 31.1 Å². The van der Waals surface area contributed by atoms with Gasteiger partial charge in [0.2, 0.25) is 0 Å². The van der Waals surface area contributed by atoms with Gasteiger partial charge in [-0.05, 0) is 39.0 Å². The van der Waals surface area contributed by atoms with Gasteiger partial charge >= 0.3 is 12.2 Å². The molecule has 2 saturated heterocycles. The molecule has 2 aliphatic rings. The molecule has 182 valence electrons. The molecule has 12 heteroatoms. The van der Waals surface area contributed by atoms with Crippen LogP contribution in [0.3, 0.4) is 0 Å². The highest BCUT2D eigenvalue weighted by molar-refractivity contribution is 7.90. The predicted molar refractivity (Wildman–Crippen MR) is 118 cm³/mol. The number of carbonyl (C=O) groups is 3. The molecule has 3 rings (SSSR count). The van der Waals surface area contributed by atoms with E-state index in [2.05, 4.69) is 0 Å². The molecule has 0 spiro atoms. The second-order valence-electron chi connectivity index (χ2n) is 9.00. The summed E-state index contributed by atoms with van der Waals surface area (Å²) in [6.07, 6.45) is -0.188. The van der Waals surface area contributed by atoms with E-state index in [1.165, 1.54) is 32.9 Å². The zero-order chi connectivity index (χ0) is 24.6. The lowest BCUT2D eigenvalue weighted by molar-refractivity contribution is 0.0140. The number of amides is 3. The van der Waals surface area contributed by atoms with Crippen LogP contribution in [-0.2, 0) is 19.3 Å². The number of sulfone groups is 1. The lowest BCUT2D eigenvalue weighted by Gasteiger charge is -2.35. The molecular formula is C21H29N3O8S. The number of carbonyl (C=O) groups excluding carboxylic acids is 3. The number of hydrogen-bond donors (Lipinski definition) is 1. The highest BCUT2D eigenvalue weighted by Gasteiger charge is 2.35. The maximum Gasteiger partial charge on any atom is 0.414 e. The molecule has 0 aromatic heterocycles. The fourth-order valence-corrected chi connectivity index (χ4v) is 4.53. The standard InChI is InChI=1S/C21H29N3O8S/c1-21(2,3)32-19(27)23-9-7-22(8-10-23)18(26)16-6-5-14(11-17(16)33(4,29)30)24-15(12-25)13-31-20(24)28/h5-6,11,15,25H,7-10,12-13H2,1-4H3/t15-/m1/s1. The van der Waals surface area contributed by atoms with Gasteiger partial charge in [0.25, 0.3) is 5.91 Å². The van der Waals surface area contributed by atoms with E-state index in [-0.39, 0.29) is 55.5 Å². The molecule has 0 aliphatic carbocycles. The Balaban J connectivity index is 1.81. The van der Waals surface area contributed by atoms with Gasteiger partial charge in [-0.2, -0.15) is 0 Å². The van der Waals surface area contributed by atoms with E-state index in [4.69, 9.17) is 9.47 Å². The Morgan fingerprint density at radius 2 is 1.76 bits per heavy atom.